The van der Waals surface area contributed by atoms with Crippen LogP contribution in [0.5, 0.6) is 0 Å². The van der Waals surface area contributed by atoms with E-state index in [1.165, 1.54) is 11.3 Å². The Balaban J connectivity index is 1.54. The number of hydrogen-bond donors (Lipinski definition) is 5. The smallest absolute Gasteiger partial charge is 0.236 e. The number of aryl methyl sites for hydroxylation is 1. The molecule has 1 saturated heterocycles. The lowest BCUT2D eigenvalue weighted by molar-refractivity contribution is -0.125. The number of anilines is 3. The predicted octanol–water partition coefficient (Wildman–Crippen LogP) is 2.41. The molecule has 7 N–H and O–H groups in total. The SMILES string of the molecule is C[C@H]1CNC(C)(C)CCN1c1nccc(C(=N)NC(=O)[C@@]2(C)CCCc3sc(N)c(N)c32)n1. The molecule has 4 rings (SSSR count). The van der Waals surface area contributed by atoms with Crippen LogP contribution in [0.4, 0.5) is 16.6 Å². The molecule has 33 heavy (non-hydrogen) atoms. The van der Waals surface area contributed by atoms with Crippen LogP contribution in [-0.2, 0) is 16.6 Å². The fourth-order valence-electron chi connectivity index (χ4n) is 4.73. The summed E-state index contributed by atoms with van der Waals surface area (Å²) in [5.41, 5.74) is 13.2. The second-order valence-electron chi connectivity index (χ2n) is 9.99. The molecule has 3 heterocycles. The lowest BCUT2D eigenvalue weighted by Crippen LogP contribution is -2.47. The highest BCUT2D eigenvalue weighted by molar-refractivity contribution is 7.16. The van der Waals surface area contributed by atoms with E-state index in [1.807, 2.05) is 6.92 Å². The minimum Gasteiger partial charge on any atom is -0.396 e. The van der Waals surface area contributed by atoms with Gasteiger partial charge in [0.1, 0.15) is 10.7 Å². The topological polar surface area (TPSA) is 146 Å². The van der Waals surface area contributed by atoms with E-state index in [-0.39, 0.29) is 23.3 Å². The number of rotatable bonds is 3. The van der Waals surface area contributed by atoms with Crippen LogP contribution in [0.2, 0.25) is 0 Å². The zero-order chi connectivity index (χ0) is 24.0. The van der Waals surface area contributed by atoms with Crippen LogP contribution in [0.25, 0.3) is 0 Å². The number of nitrogens with one attached hydrogen (secondary N) is 3. The fourth-order valence-corrected chi connectivity index (χ4v) is 5.89. The van der Waals surface area contributed by atoms with Gasteiger partial charge in [0.05, 0.1) is 11.1 Å². The Hall–Kier alpha value is -2.72. The maximum Gasteiger partial charge on any atom is 0.236 e. The third-order valence-corrected chi connectivity index (χ3v) is 8.06. The molecule has 0 spiro atoms. The number of carbonyl (C=O) groups excluding carboxylic acids is 1. The van der Waals surface area contributed by atoms with Gasteiger partial charge >= 0.3 is 0 Å². The van der Waals surface area contributed by atoms with Gasteiger partial charge in [0.15, 0.2) is 5.84 Å². The fraction of sp³-hybridized carbons (Fsp3) is 0.565. The van der Waals surface area contributed by atoms with Gasteiger partial charge in [-0.25, -0.2) is 9.97 Å². The Morgan fingerprint density at radius 2 is 2.09 bits per heavy atom. The lowest BCUT2D eigenvalue weighted by atomic mass is 9.72. The molecule has 1 fully saturated rings. The first-order valence-electron chi connectivity index (χ1n) is 11.4. The molecule has 9 nitrogen and oxygen atoms in total. The van der Waals surface area contributed by atoms with Crippen molar-refractivity contribution in [3.8, 4) is 0 Å². The number of aromatic nitrogens is 2. The van der Waals surface area contributed by atoms with Crippen molar-refractivity contribution in [3.05, 3.63) is 28.4 Å². The maximum atomic E-state index is 13.4. The Bertz CT molecular complexity index is 1080. The number of hydrogen-bond acceptors (Lipinski definition) is 9. The summed E-state index contributed by atoms with van der Waals surface area (Å²) in [5, 5.41) is 15.5. The van der Waals surface area contributed by atoms with Gasteiger partial charge in [0.25, 0.3) is 0 Å². The van der Waals surface area contributed by atoms with Crippen LogP contribution >= 0.6 is 11.3 Å². The van der Waals surface area contributed by atoms with Gasteiger partial charge in [0.2, 0.25) is 11.9 Å². The monoisotopic (exact) mass is 470 g/mol. The van der Waals surface area contributed by atoms with Gasteiger partial charge in [-0.15, -0.1) is 11.3 Å². The van der Waals surface area contributed by atoms with Crippen molar-refractivity contribution in [1.29, 1.82) is 5.41 Å². The largest absolute Gasteiger partial charge is 0.396 e. The number of nitrogen functional groups attached to an aromatic ring is 2. The van der Waals surface area contributed by atoms with Crippen LogP contribution in [-0.4, -0.2) is 46.4 Å². The highest BCUT2D eigenvalue weighted by Crippen LogP contribution is 2.47. The van der Waals surface area contributed by atoms with Crippen molar-refractivity contribution in [2.75, 3.05) is 29.5 Å². The van der Waals surface area contributed by atoms with Crippen molar-refractivity contribution in [3.63, 3.8) is 0 Å². The summed E-state index contributed by atoms with van der Waals surface area (Å²) in [7, 11) is 0. The quantitative estimate of drug-likeness (QED) is 0.342. The van der Waals surface area contributed by atoms with E-state index in [0.29, 0.717) is 28.8 Å². The Labute approximate surface area is 198 Å². The summed E-state index contributed by atoms with van der Waals surface area (Å²) in [5.74, 6) is 0.270. The number of amidine groups is 1. The van der Waals surface area contributed by atoms with Crippen LogP contribution in [0, 0.1) is 5.41 Å². The maximum absolute atomic E-state index is 13.4. The molecule has 0 bridgehead atoms. The van der Waals surface area contributed by atoms with Gasteiger partial charge in [-0.1, -0.05) is 0 Å². The minimum absolute atomic E-state index is 0.0419. The summed E-state index contributed by atoms with van der Waals surface area (Å²) in [6, 6.07) is 1.86. The second-order valence-corrected chi connectivity index (χ2v) is 11.1. The minimum atomic E-state index is -0.829. The lowest BCUT2D eigenvalue weighted by Gasteiger charge is -2.33. The first-order valence-corrected chi connectivity index (χ1v) is 12.3. The summed E-state index contributed by atoms with van der Waals surface area (Å²) in [4.78, 5) is 25.7. The molecule has 178 valence electrons. The Morgan fingerprint density at radius 3 is 2.85 bits per heavy atom. The number of amides is 1. The molecule has 0 aromatic carbocycles. The number of fused-ring (bicyclic) bond motifs is 1. The average molecular weight is 471 g/mol. The average Bonchev–Trinajstić information content (AvgIpc) is 2.99. The van der Waals surface area contributed by atoms with Crippen molar-refractivity contribution in [2.45, 2.75) is 70.4 Å². The van der Waals surface area contributed by atoms with Crippen LogP contribution < -0.4 is 27.0 Å². The van der Waals surface area contributed by atoms with E-state index < -0.39 is 5.41 Å². The number of carbonyl (C=O) groups is 1. The van der Waals surface area contributed by atoms with E-state index in [9.17, 15) is 4.79 Å². The molecule has 10 heteroatoms. The molecule has 2 aromatic heterocycles. The Morgan fingerprint density at radius 1 is 1.33 bits per heavy atom. The van der Waals surface area contributed by atoms with Gasteiger partial charge in [-0.2, -0.15) is 0 Å². The number of nitrogens with zero attached hydrogens (tertiary/aromatic N) is 3. The number of nitrogens with two attached hydrogens (primary N) is 2. The van der Waals surface area contributed by atoms with E-state index in [2.05, 4.69) is 46.3 Å². The molecule has 0 unspecified atom stereocenters. The second kappa shape index (κ2) is 8.57. The third-order valence-electron chi connectivity index (χ3n) is 6.96. The van der Waals surface area contributed by atoms with E-state index in [0.717, 1.165) is 42.8 Å². The van der Waals surface area contributed by atoms with Crippen molar-refractivity contribution in [2.24, 2.45) is 0 Å². The van der Waals surface area contributed by atoms with Gasteiger partial charge in [0, 0.05) is 41.3 Å². The van der Waals surface area contributed by atoms with Crippen LogP contribution in [0.1, 0.15) is 63.1 Å². The third kappa shape index (κ3) is 4.41. The molecule has 1 aliphatic heterocycles. The molecule has 1 aliphatic carbocycles. The van der Waals surface area contributed by atoms with Crippen molar-refractivity contribution >= 4 is 39.7 Å². The van der Waals surface area contributed by atoms with Crippen molar-refractivity contribution in [1.82, 2.24) is 20.6 Å². The molecule has 2 aromatic rings. The normalized spacial score (nSPS) is 24.6. The van der Waals surface area contributed by atoms with Gasteiger partial charge in [-0.3, -0.25) is 10.2 Å². The van der Waals surface area contributed by atoms with Crippen molar-refractivity contribution < 1.29 is 4.79 Å². The van der Waals surface area contributed by atoms with Gasteiger partial charge in [-0.05, 0) is 59.4 Å². The molecule has 2 atom stereocenters. The molecule has 0 radical (unpaired) electrons. The first kappa shape index (κ1) is 23.4. The molecule has 2 aliphatic rings. The zero-order valence-electron chi connectivity index (χ0n) is 19.8. The summed E-state index contributed by atoms with van der Waals surface area (Å²) in [6.07, 6.45) is 5.00. The summed E-state index contributed by atoms with van der Waals surface area (Å²) >= 11 is 1.46. The molecule has 1 amide bonds. The predicted molar refractivity (Wildman–Crippen MR) is 134 cm³/mol. The standard InChI is InChI=1S/C23H34N8OS/c1-13-12-28-22(2,3)9-11-31(13)21-27-10-7-14(29-21)18(25)30-20(32)23(4)8-5-6-15-16(23)17(24)19(26)33-15/h7,10,13,28H,5-6,8-9,11-12,24,26H2,1-4H3,(H2,25,30,32)/t13-,23-/m0/s1. The molecule has 0 saturated carbocycles. The van der Waals surface area contributed by atoms with E-state index in [1.54, 1.807) is 12.3 Å². The zero-order valence-corrected chi connectivity index (χ0v) is 20.6. The highest BCUT2D eigenvalue weighted by Gasteiger charge is 2.43. The first-order chi connectivity index (χ1) is 15.5. The molecular formula is C23H34N8OS. The summed E-state index contributed by atoms with van der Waals surface area (Å²) in [6.45, 7) is 10.0. The van der Waals surface area contributed by atoms with E-state index >= 15 is 0 Å². The number of thiophene rings is 1. The van der Waals surface area contributed by atoms with Gasteiger partial charge < -0.3 is 27.0 Å². The van der Waals surface area contributed by atoms with Crippen LogP contribution in [0.15, 0.2) is 12.3 Å². The summed E-state index contributed by atoms with van der Waals surface area (Å²) < 4.78 is 0. The Kier molecular flexibility index (Phi) is 6.09. The molecular weight excluding hydrogens is 436 g/mol. The highest BCUT2D eigenvalue weighted by atomic mass is 32.1. The van der Waals surface area contributed by atoms with Crippen LogP contribution in [0.3, 0.4) is 0 Å². The van der Waals surface area contributed by atoms with E-state index in [4.69, 9.17) is 16.9 Å².